The Hall–Kier alpha value is -3.33. The fourth-order valence-corrected chi connectivity index (χ4v) is 4.66. The van der Waals surface area contributed by atoms with Crippen LogP contribution in [-0.2, 0) is 20.8 Å². The van der Waals surface area contributed by atoms with Gasteiger partial charge in [0.05, 0.1) is 25.4 Å². The highest BCUT2D eigenvalue weighted by molar-refractivity contribution is 5.65. The highest BCUT2D eigenvalue weighted by atomic mass is 16.5. The van der Waals surface area contributed by atoms with Crippen molar-refractivity contribution < 1.29 is 14.2 Å². The summed E-state index contributed by atoms with van der Waals surface area (Å²) in [5, 5.41) is 0. The van der Waals surface area contributed by atoms with Crippen LogP contribution in [0, 0.1) is 0 Å². The molecule has 188 valence electrons. The van der Waals surface area contributed by atoms with E-state index in [4.69, 9.17) is 24.9 Å². The predicted octanol–water partition coefficient (Wildman–Crippen LogP) is 4.81. The zero-order valence-corrected chi connectivity index (χ0v) is 20.8. The number of methoxy groups -OCH3 is 1. The van der Waals surface area contributed by atoms with Gasteiger partial charge in [-0.15, -0.1) is 0 Å². The van der Waals surface area contributed by atoms with Gasteiger partial charge < -0.3 is 19.9 Å². The summed E-state index contributed by atoms with van der Waals surface area (Å²) in [4.78, 5) is 13.7. The molecule has 8 heteroatoms. The molecule has 4 unspecified atom stereocenters. The molecule has 0 radical (unpaired) electrons. The average Bonchev–Trinajstić information content (AvgIpc) is 3.65. The van der Waals surface area contributed by atoms with Gasteiger partial charge in [-0.05, 0) is 24.8 Å². The monoisotopic (exact) mass is 487 g/mol. The van der Waals surface area contributed by atoms with E-state index in [1.54, 1.807) is 13.4 Å². The van der Waals surface area contributed by atoms with Crippen molar-refractivity contribution in [3.05, 3.63) is 83.9 Å². The number of hydrogen-bond acceptors (Lipinski definition) is 7. The Labute approximate surface area is 211 Å². The molecule has 2 N–H and O–H groups in total. The van der Waals surface area contributed by atoms with Gasteiger partial charge in [0.25, 0.3) is 0 Å². The predicted molar refractivity (Wildman–Crippen MR) is 137 cm³/mol. The highest BCUT2D eigenvalue weighted by Crippen LogP contribution is 2.36. The van der Waals surface area contributed by atoms with Crippen LogP contribution in [-0.4, -0.2) is 45.4 Å². The zero-order valence-electron chi connectivity index (χ0n) is 20.8. The lowest BCUT2D eigenvalue weighted by Crippen LogP contribution is -2.25. The lowest BCUT2D eigenvalue weighted by molar-refractivity contribution is -0.0647. The molecular weight excluding hydrogens is 454 g/mol. The summed E-state index contributed by atoms with van der Waals surface area (Å²) < 4.78 is 18.7. The molecule has 0 aromatic heterocycles. The van der Waals surface area contributed by atoms with E-state index in [2.05, 4.69) is 9.97 Å². The molecule has 7 rings (SSSR count). The first-order chi connectivity index (χ1) is 17.6. The van der Waals surface area contributed by atoms with Crippen LogP contribution in [0.2, 0.25) is 0 Å². The maximum atomic E-state index is 6.10. The Kier molecular flexibility index (Phi) is 7.55. The molecule has 1 aliphatic carbocycles. The third kappa shape index (κ3) is 5.41. The Morgan fingerprint density at radius 2 is 1.69 bits per heavy atom. The lowest BCUT2D eigenvalue weighted by Gasteiger charge is -2.23. The fourth-order valence-electron chi connectivity index (χ4n) is 4.66. The van der Waals surface area contributed by atoms with E-state index in [0.717, 1.165) is 11.1 Å². The van der Waals surface area contributed by atoms with Crippen LogP contribution < -0.4 is 5.73 Å². The third-order valence-corrected chi connectivity index (χ3v) is 6.67. The maximum absolute atomic E-state index is 6.10. The van der Waals surface area contributed by atoms with E-state index < -0.39 is 0 Å². The maximum Gasteiger partial charge on any atom is 0.168 e. The second-order valence-corrected chi connectivity index (χ2v) is 9.38. The lowest BCUT2D eigenvalue weighted by atomic mass is 10.2. The number of aromatic nitrogens is 4. The summed E-state index contributed by atoms with van der Waals surface area (Å²) in [7, 11) is 1.66. The SMILES string of the molecule is C1CC2CC1O2.COC(c1ccccc1)n1cnc(N)c2nc(C(C)COCc3ccccc3)nc1-2. The number of imidazole rings is 1. The average molecular weight is 488 g/mol. The van der Waals surface area contributed by atoms with E-state index in [1.165, 1.54) is 19.3 Å². The molecule has 0 amide bonds. The normalized spacial score (nSPS) is 19.8. The molecule has 0 spiro atoms. The van der Waals surface area contributed by atoms with Crippen LogP contribution in [0.3, 0.4) is 0 Å². The number of nitrogen functional groups attached to an aromatic ring is 1. The number of benzene rings is 2. The minimum Gasteiger partial charge on any atom is -0.382 e. The molecule has 2 aromatic carbocycles. The third-order valence-electron chi connectivity index (χ3n) is 6.67. The first-order valence-electron chi connectivity index (χ1n) is 12.5. The summed E-state index contributed by atoms with van der Waals surface area (Å²) in [5.74, 6) is 1.67. The summed E-state index contributed by atoms with van der Waals surface area (Å²) in [5.41, 5.74) is 8.79. The van der Waals surface area contributed by atoms with E-state index in [-0.39, 0.29) is 12.1 Å². The van der Waals surface area contributed by atoms with Crippen LogP contribution in [0.5, 0.6) is 0 Å². The molecular formula is C28H33N5O3. The van der Waals surface area contributed by atoms with Crippen LogP contribution in [0.15, 0.2) is 67.0 Å². The highest BCUT2D eigenvalue weighted by Gasteiger charge is 2.36. The van der Waals surface area contributed by atoms with Crippen LogP contribution >= 0.6 is 0 Å². The summed E-state index contributed by atoms with van der Waals surface area (Å²) in [6, 6.07) is 20.0. The Bertz CT molecular complexity index is 1200. The van der Waals surface area contributed by atoms with Gasteiger partial charge in [-0.25, -0.2) is 15.0 Å². The van der Waals surface area contributed by atoms with Crippen LogP contribution in [0.25, 0.3) is 11.5 Å². The first kappa shape index (κ1) is 24.4. The van der Waals surface area contributed by atoms with Crippen molar-refractivity contribution in [2.45, 2.75) is 57.1 Å². The molecule has 2 saturated heterocycles. The number of nitrogens with two attached hydrogens (primary N) is 1. The van der Waals surface area contributed by atoms with Crippen LogP contribution in [0.1, 0.15) is 55.3 Å². The number of hydrogen-bond donors (Lipinski definition) is 1. The van der Waals surface area contributed by atoms with E-state index in [1.807, 2.05) is 72.2 Å². The second kappa shape index (κ2) is 11.2. The smallest absolute Gasteiger partial charge is 0.168 e. The van der Waals surface area contributed by atoms with Gasteiger partial charge in [-0.2, -0.15) is 0 Å². The molecule has 1 saturated carbocycles. The number of rotatable bonds is 8. The number of anilines is 1. The van der Waals surface area contributed by atoms with Crippen molar-refractivity contribution in [2.24, 2.45) is 0 Å². The van der Waals surface area contributed by atoms with Gasteiger partial charge in [0, 0.05) is 18.6 Å². The fraction of sp³-hybridized carbons (Fsp3) is 0.393. The second-order valence-electron chi connectivity index (χ2n) is 9.38. The van der Waals surface area contributed by atoms with Crippen molar-refractivity contribution in [2.75, 3.05) is 19.5 Å². The summed E-state index contributed by atoms with van der Waals surface area (Å²) >= 11 is 0. The van der Waals surface area contributed by atoms with E-state index in [9.17, 15) is 0 Å². The van der Waals surface area contributed by atoms with Gasteiger partial charge >= 0.3 is 0 Å². The zero-order chi connectivity index (χ0) is 24.9. The number of ether oxygens (including phenoxy) is 3. The first-order valence-corrected chi connectivity index (χ1v) is 12.5. The molecule has 4 heterocycles. The number of nitrogens with zero attached hydrogens (tertiary/aromatic N) is 4. The minimum absolute atomic E-state index is 0.00619. The molecule has 5 aliphatic rings. The summed E-state index contributed by atoms with van der Waals surface area (Å²) in [6.07, 6.45) is 6.68. The van der Waals surface area contributed by atoms with Gasteiger partial charge in [0.15, 0.2) is 23.6 Å². The van der Waals surface area contributed by atoms with Crippen molar-refractivity contribution in [3.8, 4) is 11.5 Å². The van der Waals surface area contributed by atoms with E-state index in [0.29, 0.717) is 48.6 Å². The van der Waals surface area contributed by atoms with Gasteiger partial charge in [-0.1, -0.05) is 67.6 Å². The van der Waals surface area contributed by atoms with Crippen molar-refractivity contribution in [1.82, 2.24) is 19.5 Å². The minimum atomic E-state index is -0.379. The van der Waals surface area contributed by atoms with Gasteiger partial charge in [-0.3, -0.25) is 4.57 Å². The van der Waals surface area contributed by atoms with Gasteiger partial charge in [0.1, 0.15) is 12.2 Å². The van der Waals surface area contributed by atoms with Crippen molar-refractivity contribution in [1.29, 1.82) is 0 Å². The topological polar surface area (TPSA) is 97.3 Å². The quantitative estimate of drug-likeness (QED) is 0.381. The van der Waals surface area contributed by atoms with Crippen LogP contribution in [0.4, 0.5) is 5.82 Å². The standard InChI is InChI=1S/C23H25N5O2.C5H8O/c1-16(13-30-14-17-9-5-3-6-10-17)21-26-19-20(24)25-15-28(22(19)27-21)23(29-2)18-11-7-4-8-12-18;1-2-5-3-4(1)6-5/h3-12,15-16,23H,13-14,24H2,1-2H3;4-5H,1-3H2. The molecule has 36 heavy (non-hydrogen) atoms. The molecule has 3 fully saturated rings. The molecule has 2 bridgehead atoms. The summed E-state index contributed by atoms with van der Waals surface area (Å²) in [6.45, 7) is 3.10. The Morgan fingerprint density at radius 3 is 2.31 bits per heavy atom. The largest absolute Gasteiger partial charge is 0.382 e. The Morgan fingerprint density at radius 1 is 1.03 bits per heavy atom. The molecule has 8 nitrogen and oxygen atoms in total. The van der Waals surface area contributed by atoms with E-state index >= 15 is 0 Å². The van der Waals surface area contributed by atoms with Gasteiger partial charge in [0.2, 0.25) is 0 Å². The molecule has 4 aliphatic heterocycles. The molecule has 2 aromatic rings. The van der Waals surface area contributed by atoms with Crippen molar-refractivity contribution in [3.63, 3.8) is 0 Å². The Balaban J connectivity index is 0.000000382. The van der Waals surface area contributed by atoms with Crippen molar-refractivity contribution >= 4 is 5.82 Å². The number of fused-ring (bicyclic) bond motifs is 2. The molecule has 4 atom stereocenters.